The summed E-state index contributed by atoms with van der Waals surface area (Å²) >= 11 is 0. The summed E-state index contributed by atoms with van der Waals surface area (Å²) in [6.07, 6.45) is -19.8. The van der Waals surface area contributed by atoms with E-state index in [4.69, 9.17) is 41.9 Å². The van der Waals surface area contributed by atoms with Crippen molar-refractivity contribution >= 4 is 35.5 Å². The Hall–Kier alpha value is -0.170. The summed E-state index contributed by atoms with van der Waals surface area (Å²) in [6, 6.07) is -3.45. The number of hydrogen-bond acceptors (Lipinski definition) is 17. The van der Waals surface area contributed by atoms with Crippen LogP contribution in [0.1, 0.15) is 12.8 Å². The average molecular weight is 610 g/mol. The summed E-state index contributed by atoms with van der Waals surface area (Å²) in [7, 11) is 0. The molecule has 1 saturated carbocycles. The maximum absolute atomic E-state index is 12.6. The Bertz CT molecular complexity index is 822. The third-order valence-corrected chi connectivity index (χ3v) is 7.51. The minimum atomic E-state index is -1.76. The van der Waals surface area contributed by atoms with Gasteiger partial charge in [0, 0.05) is 12.6 Å². The van der Waals surface area contributed by atoms with Gasteiger partial charge in [-0.3, -0.25) is 4.79 Å². The topological polar surface area (TPSA) is 332 Å². The van der Waals surface area contributed by atoms with Gasteiger partial charge in [0.2, 0.25) is 5.91 Å². The molecule has 0 unspecified atom stereocenters. The van der Waals surface area contributed by atoms with Gasteiger partial charge < -0.3 is 88.1 Å². The molecule has 0 aromatic carbocycles. The molecular formula is C22H44N5NaO13. The molecule has 3 aliphatic rings. The van der Waals surface area contributed by atoms with Gasteiger partial charge in [-0.25, -0.2) is 0 Å². The number of ether oxygens (including phenoxy) is 4. The molecule has 16 atom stereocenters. The second kappa shape index (κ2) is 16.2. The van der Waals surface area contributed by atoms with Crippen molar-refractivity contribution in [1.82, 2.24) is 5.32 Å². The van der Waals surface area contributed by atoms with Gasteiger partial charge in [0.15, 0.2) is 12.6 Å². The van der Waals surface area contributed by atoms with E-state index in [-0.39, 0.29) is 55.5 Å². The Morgan fingerprint density at radius 1 is 0.854 bits per heavy atom. The van der Waals surface area contributed by atoms with Crippen molar-refractivity contribution in [3.63, 3.8) is 0 Å². The van der Waals surface area contributed by atoms with Crippen molar-refractivity contribution in [3.8, 4) is 0 Å². The molecule has 0 bridgehead atoms. The molecule has 0 radical (unpaired) electrons. The van der Waals surface area contributed by atoms with Crippen molar-refractivity contribution in [2.24, 2.45) is 22.9 Å². The number of aliphatic hydroxyl groups excluding tert-OH is 8. The minimum absolute atomic E-state index is 0. The molecular weight excluding hydrogens is 565 g/mol. The van der Waals surface area contributed by atoms with Gasteiger partial charge in [-0.2, -0.15) is 0 Å². The van der Waals surface area contributed by atoms with E-state index in [1.54, 1.807) is 0 Å². The number of carbonyl (C=O) groups excluding carboxylic acids is 1. The van der Waals surface area contributed by atoms with Crippen LogP contribution in [0.3, 0.4) is 0 Å². The first-order chi connectivity index (χ1) is 18.9. The van der Waals surface area contributed by atoms with Crippen LogP contribution in [0.15, 0.2) is 0 Å². The van der Waals surface area contributed by atoms with E-state index >= 15 is 0 Å². The second-order valence-electron chi connectivity index (χ2n) is 10.3. The van der Waals surface area contributed by atoms with Crippen LogP contribution in [0.4, 0.5) is 0 Å². The van der Waals surface area contributed by atoms with Crippen molar-refractivity contribution in [3.05, 3.63) is 0 Å². The second-order valence-corrected chi connectivity index (χ2v) is 10.3. The van der Waals surface area contributed by atoms with Gasteiger partial charge in [0.1, 0.15) is 67.1 Å². The van der Waals surface area contributed by atoms with Crippen LogP contribution in [0.25, 0.3) is 0 Å². The molecule has 236 valence electrons. The van der Waals surface area contributed by atoms with Crippen LogP contribution in [0, 0.1) is 0 Å². The molecule has 2 heterocycles. The third-order valence-electron chi connectivity index (χ3n) is 7.51. The summed E-state index contributed by atoms with van der Waals surface area (Å²) in [5.74, 6) is -0.845. The Labute approximate surface area is 258 Å². The van der Waals surface area contributed by atoms with Gasteiger partial charge in [0.05, 0.1) is 18.7 Å². The number of nitrogens with one attached hydrogen (secondary N) is 1. The molecule has 0 aromatic rings. The summed E-state index contributed by atoms with van der Waals surface area (Å²) in [6.45, 7) is -0.898. The molecule has 41 heavy (non-hydrogen) atoms. The van der Waals surface area contributed by atoms with E-state index in [9.17, 15) is 45.6 Å². The van der Waals surface area contributed by atoms with Gasteiger partial charge in [-0.05, 0) is 19.4 Å². The number of hydrogen-bond donors (Lipinski definition) is 13. The van der Waals surface area contributed by atoms with E-state index in [1.807, 2.05) is 0 Å². The van der Waals surface area contributed by atoms with Crippen LogP contribution in [0.2, 0.25) is 0 Å². The Kier molecular flexibility index (Phi) is 14.7. The van der Waals surface area contributed by atoms with E-state index < -0.39 is 110 Å². The van der Waals surface area contributed by atoms with Crippen LogP contribution in [-0.4, -0.2) is 194 Å². The van der Waals surface area contributed by atoms with Gasteiger partial charge in [-0.15, -0.1) is 0 Å². The van der Waals surface area contributed by atoms with Crippen LogP contribution >= 0.6 is 0 Å². The first-order valence-electron chi connectivity index (χ1n) is 13.1. The van der Waals surface area contributed by atoms with E-state index in [0.717, 1.165) is 0 Å². The molecule has 1 amide bonds. The van der Waals surface area contributed by atoms with E-state index in [0.29, 0.717) is 0 Å². The summed E-state index contributed by atoms with van der Waals surface area (Å²) in [5.41, 5.74) is 23.1. The zero-order valence-corrected chi connectivity index (χ0v) is 21.7. The van der Waals surface area contributed by atoms with E-state index in [1.165, 1.54) is 0 Å². The first-order valence-corrected chi connectivity index (χ1v) is 13.1. The maximum atomic E-state index is 12.6. The van der Waals surface area contributed by atoms with Gasteiger partial charge in [0.25, 0.3) is 0 Å². The van der Waals surface area contributed by atoms with Gasteiger partial charge in [-0.1, -0.05) is 0 Å². The fraction of sp³-hybridized carbons (Fsp3) is 0.955. The molecule has 3 fully saturated rings. The van der Waals surface area contributed by atoms with Crippen molar-refractivity contribution in [2.45, 2.75) is 111 Å². The van der Waals surface area contributed by atoms with E-state index in [2.05, 4.69) is 5.32 Å². The molecule has 2 aliphatic heterocycles. The van der Waals surface area contributed by atoms with Crippen LogP contribution < -0.4 is 28.3 Å². The number of nitrogens with two attached hydrogens (primary N) is 4. The molecule has 3 rings (SSSR count). The third kappa shape index (κ3) is 8.31. The first kappa shape index (κ1) is 37.0. The van der Waals surface area contributed by atoms with Crippen molar-refractivity contribution in [2.75, 3.05) is 19.7 Å². The van der Waals surface area contributed by atoms with Crippen molar-refractivity contribution < 1.29 is 64.6 Å². The fourth-order valence-electron chi connectivity index (χ4n) is 5.07. The Balaban J connectivity index is 0.00000588. The molecule has 17 N–H and O–H groups in total. The van der Waals surface area contributed by atoms with Crippen molar-refractivity contribution in [1.29, 1.82) is 0 Å². The molecule has 0 spiro atoms. The SMILES string of the molecule is NCC[C@H](O)C(=O)N[C@@H]1C[C@H](N)[C@@H](O[C@H]2O[C@H](CN)[C@@H](O)[C@H](O)[C@H]2O)[C@H](O)[C@H]1O[C@H]1O[C@H](CO)[C@@H](O)[C@H](N)[C@H]1O.[NaH]. The summed E-state index contributed by atoms with van der Waals surface area (Å²) < 4.78 is 22.5. The monoisotopic (exact) mass is 609 g/mol. The average Bonchev–Trinajstić information content (AvgIpc) is 2.92. The molecule has 19 heteroatoms. The molecule has 18 nitrogen and oxygen atoms in total. The normalized spacial score (nSPS) is 45.9. The predicted molar refractivity (Wildman–Crippen MR) is 139 cm³/mol. The van der Waals surface area contributed by atoms with Gasteiger partial charge >= 0.3 is 29.6 Å². The number of rotatable bonds is 10. The molecule has 2 saturated heterocycles. The number of aliphatic hydroxyl groups is 8. The predicted octanol–water partition coefficient (Wildman–Crippen LogP) is -9.07. The zero-order chi connectivity index (χ0) is 29.9. The standard InChI is InChI=1S/C22H43N5O13.Na.H/c23-2-1-8(29)20(36)27-7-3-6(25)18(39-22-16(34)15(33)13(31)9(4-24)37-22)17(35)19(7)40-21-14(32)11(26)12(30)10(5-28)38-21;;/h6-19,21-22,28-35H,1-5,23-26H2,(H,27,36);;/t6-,7+,8-,9+,10+,11-,12+,13+,14+,15-,16+,17-,18+,19-,21+,22+;;/m0../s1. The number of amides is 1. The number of carbonyl (C=O) groups is 1. The Morgan fingerprint density at radius 3 is 2.02 bits per heavy atom. The molecule has 1 aliphatic carbocycles. The summed E-state index contributed by atoms with van der Waals surface area (Å²) in [5, 5.41) is 84.9. The Morgan fingerprint density at radius 2 is 1.44 bits per heavy atom. The van der Waals surface area contributed by atoms with Crippen LogP contribution in [0.5, 0.6) is 0 Å². The molecule has 0 aromatic heterocycles. The summed E-state index contributed by atoms with van der Waals surface area (Å²) in [4.78, 5) is 12.6. The quantitative estimate of drug-likeness (QED) is 0.102. The fourth-order valence-corrected chi connectivity index (χ4v) is 5.07. The van der Waals surface area contributed by atoms with Crippen LogP contribution in [-0.2, 0) is 23.7 Å². The zero-order valence-electron chi connectivity index (χ0n) is 21.7.